The minimum absolute atomic E-state index is 0.0417. The van der Waals surface area contributed by atoms with Crippen molar-refractivity contribution in [3.63, 3.8) is 0 Å². The highest BCUT2D eigenvalue weighted by Crippen LogP contribution is 2.11. The lowest BCUT2D eigenvalue weighted by molar-refractivity contribution is 0.0502. The maximum atomic E-state index is 11.9. The number of anilines is 1. The number of hydrogen-bond donors (Lipinski definition) is 2. The molecular formula is C17H28N2O2. The van der Waals surface area contributed by atoms with E-state index in [-0.39, 0.29) is 12.1 Å². The molecule has 4 heteroatoms. The Morgan fingerprint density at radius 2 is 1.81 bits per heavy atom. The average Bonchev–Trinajstić information content (AvgIpc) is 2.34. The van der Waals surface area contributed by atoms with Crippen molar-refractivity contribution in [2.45, 2.75) is 52.7 Å². The van der Waals surface area contributed by atoms with Gasteiger partial charge in [0.2, 0.25) is 0 Å². The highest BCUT2D eigenvalue weighted by Gasteiger charge is 2.20. The molecule has 0 fully saturated rings. The molecule has 0 aromatic heterocycles. The third-order valence-electron chi connectivity index (χ3n) is 2.80. The summed E-state index contributed by atoms with van der Waals surface area (Å²) in [4.78, 5) is 11.9. The molecule has 1 rings (SSSR count). The van der Waals surface area contributed by atoms with Crippen LogP contribution in [0.25, 0.3) is 0 Å². The predicted molar refractivity (Wildman–Crippen MR) is 87.5 cm³/mol. The van der Waals surface area contributed by atoms with Crippen molar-refractivity contribution in [3.8, 4) is 0 Å². The zero-order valence-corrected chi connectivity index (χ0v) is 13.8. The van der Waals surface area contributed by atoms with Crippen molar-refractivity contribution in [2.75, 3.05) is 11.9 Å². The number of amides is 1. The molecule has 118 valence electrons. The summed E-state index contributed by atoms with van der Waals surface area (Å²) in [7, 11) is 0. The fraction of sp³-hybridized carbons (Fsp3) is 0.588. The fourth-order valence-corrected chi connectivity index (χ4v) is 2.03. The van der Waals surface area contributed by atoms with Crippen molar-refractivity contribution in [1.29, 1.82) is 0 Å². The lowest BCUT2D eigenvalue weighted by Crippen LogP contribution is -2.43. The molecule has 1 aromatic rings. The molecule has 0 bridgehead atoms. The van der Waals surface area contributed by atoms with E-state index in [0.717, 1.165) is 12.1 Å². The van der Waals surface area contributed by atoms with E-state index in [9.17, 15) is 4.79 Å². The predicted octanol–water partition coefficient (Wildman–Crippen LogP) is 4.04. The first-order chi connectivity index (χ1) is 9.76. The van der Waals surface area contributed by atoms with Gasteiger partial charge in [0.15, 0.2) is 0 Å². The summed E-state index contributed by atoms with van der Waals surface area (Å²) < 4.78 is 5.32. The molecule has 0 radical (unpaired) electrons. The maximum absolute atomic E-state index is 11.9. The van der Waals surface area contributed by atoms with Crippen LogP contribution in [0.1, 0.15) is 41.0 Å². The largest absolute Gasteiger partial charge is 0.444 e. The first kappa shape index (κ1) is 17.3. The Morgan fingerprint density at radius 1 is 1.19 bits per heavy atom. The van der Waals surface area contributed by atoms with Gasteiger partial charge in [-0.3, -0.25) is 0 Å². The van der Waals surface area contributed by atoms with Gasteiger partial charge in [-0.05, 0) is 45.2 Å². The van der Waals surface area contributed by atoms with Gasteiger partial charge in [0.1, 0.15) is 5.60 Å². The van der Waals surface area contributed by atoms with Gasteiger partial charge in [0.05, 0.1) is 0 Å². The zero-order chi connectivity index (χ0) is 15.9. The van der Waals surface area contributed by atoms with E-state index in [0.29, 0.717) is 12.5 Å². The molecular weight excluding hydrogens is 264 g/mol. The Morgan fingerprint density at radius 3 is 2.33 bits per heavy atom. The Balaban J connectivity index is 2.53. The molecule has 1 atom stereocenters. The summed E-state index contributed by atoms with van der Waals surface area (Å²) in [5.74, 6) is 0.502. The van der Waals surface area contributed by atoms with Crippen molar-refractivity contribution in [1.82, 2.24) is 5.32 Å². The van der Waals surface area contributed by atoms with Crippen LogP contribution in [0, 0.1) is 5.92 Å². The van der Waals surface area contributed by atoms with Crippen LogP contribution >= 0.6 is 0 Å². The van der Waals surface area contributed by atoms with Crippen LogP contribution in [-0.4, -0.2) is 24.3 Å². The van der Waals surface area contributed by atoms with Gasteiger partial charge >= 0.3 is 6.09 Å². The molecule has 0 heterocycles. The highest BCUT2D eigenvalue weighted by molar-refractivity contribution is 5.68. The highest BCUT2D eigenvalue weighted by atomic mass is 16.6. The number of alkyl carbamates (subject to hydrolysis) is 1. The van der Waals surface area contributed by atoms with Gasteiger partial charge < -0.3 is 15.4 Å². The van der Waals surface area contributed by atoms with E-state index in [4.69, 9.17) is 4.74 Å². The number of carbonyl (C=O) groups is 1. The third kappa shape index (κ3) is 8.23. The standard InChI is InChI=1S/C17H28N2O2/c1-13(2)11-15(19-16(20)21-17(3,4)5)12-18-14-9-7-6-8-10-14/h6-10,13,15,18H,11-12H2,1-5H3,(H,19,20). The van der Waals surface area contributed by atoms with Crippen LogP contribution < -0.4 is 10.6 Å². The molecule has 0 spiro atoms. The first-order valence-corrected chi connectivity index (χ1v) is 7.54. The second-order valence-corrected chi connectivity index (χ2v) is 6.72. The van der Waals surface area contributed by atoms with Gasteiger partial charge in [-0.1, -0.05) is 32.0 Å². The number of ether oxygens (including phenoxy) is 1. The van der Waals surface area contributed by atoms with E-state index in [2.05, 4.69) is 24.5 Å². The van der Waals surface area contributed by atoms with Crippen LogP contribution in [-0.2, 0) is 4.74 Å². The SMILES string of the molecule is CC(C)CC(CNc1ccccc1)NC(=O)OC(C)(C)C. The van der Waals surface area contributed by atoms with Crippen LogP contribution in [0.15, 0.2) is 30.3 Å². The van der Waals surface area contributed by atoms with Crippen molar-refractivity contribution in [2.24, 2.45) is 5.92 Å². The number of carbonyl (C=O) groups excluding carboxylic acids is 1. The number of para-hydroxylation sites is 1. The zero-order valence-electron chi connectivity index (χ0n) is 13.8. The molecule has 1 aromatic carbocycles. The molecule has 0 aliphatic rings. The fourth-order valence-electron chi connectivity index (χ4n) is 2.03. The molecule has 1 unspecified atom stereocenters. The maximum Gasteiger partial charge on any atom is 0.407 e. The van der Waals surface area contributed by atoms with Gasteiger partial charge in [0.25, 0.3) is 0 Å². The normalized spacial score (nSPS) is 12.9. The van der Waals surface area contributed by atoms with Gasteiger partial charge in [-0.2, -0.15) is 0 Å². The molecule has 0 aliphatic heterocycles. The summed E-state index contributed by atoms with van der Waals surface area (Å²) in [6.07, 6.45) is 0.544. The molecule has 2 N–H and O–H groups in total. The van der Waals surface area contributed by atoms with Crippen molar-refractivity contribution in [3.05, 3.63) is 30.3 Å². The lowest BCUT2D eigenvalue weighted by Gasteiger charge is -2.25. The van der Waals surface area contributed by atoms with Gasteiger partial charge in [0, 0.05) is 18.3 Å². The van der Waals surface area contributed by atoms with E-state index >= 15 is 0 Å². The second-order valence-electron chi connectivity index (χ2n) is 6.72. The van der Waals surface area contributed by atoms with Crippen molar-refractivity contribution < 1.29 is 9.53 Å². The lowest BCUT2D eigenvalue weighted by atomic mass is 10.0. The molecule has 21 heavy (non-hydrogen) atoms. The van der Waals surface area contributed by atoms with Crippen LogP contribution in [0.3, 0.4) is 0 Å². The molecule has 0 saturated heterocycles. The Hall–Kier alpha value is -1.71. The Bertz CT molecular complexity index is 424. The summed E-state index contributed by atoms with van der Waals surface area (Å²) in [6.45, 7) is 10.6. The van der Waals surface area contributed by atoms with Gasteiger partial charge in [-0.15, -0.1) is 0 Å². The minimum atomic E-state index is -0.473. The Labute approximate surface area is 128 Å². The van der Waals surface area contributed by atoms with E-state index in [1.807, 2.05) is 51.1 Å². The summed E-state index contributed by atoms with van der Waals surface area (Å²) >= 11 is 0. The van der Waals surface area contributed by atoms with Crippen LogP contribution in [0.2, 0.25) is 0 Å². The van der Waals surface area contributed by atoms with Gasteiger partial charge in [-0.25, -0.2) is 4.79 Å². The van der Waals surface area contributed by atoms with Crippen molar-refractivity contribution >= 4 is 11.8 Å². The number of hydrogen-bond acceptors (Lipinski definition) is 3. The number of nitrogens with one attached hydrogen (secondary N) is 2. The van der Waals surface area contributed by atoms with E-state index in [1.165, 1.54) is 0 Å². The van der Waals surface area contributed by atoms with Crippen LogP contribution in [0.4, 0.5) is 10.5 Å². The van der Waals surface area contributed by atoms with E-state index in [1.54, 1.807) is 0 Å². The first-order valence-electron chi connectivity index (χ1n) is 7.54. The molecule has 0 aliphatic carbocycles. The topological polar surface area (TPSA) is 50.4 Å². The summed E-state index contributed by atoms with van der Waals surface area (Å²) in [5.41, 5.74) is 0.580. The minimum Gasteiger partial charge on any atom is -0.444 e. The number of benzene rings is 1. The monoisotopic (exact) mass is 292 g/mol. The molecule has 4 nitrogen and oxygen atoms in total. The third-order valence-corrected chi connectivity index (χ3v) is 2.80. The quantitative estimate of drug-likeness (QED) is 0.832. The smallest absolute Gasteiger partial charge is 0.407 e. The summed E-state index contributed by atoms with van der Waals surface area (Å²) in [5, 5.41) is 6.30. The van der Waals surface area contributed by atoms with E-state index < -0.39 is 5.60 Å². The average molecular weight is 292 g/mol. The number of rotatable bonds is 6. The van der Waals surface area contributed by atoms with Crippen LogP contribution in [0.5, 0.6) is 0 Å². The molecule has 0 saturated carbocycles. The second kappa shape index (κ2) is 7.91. The Kier molecular flexibility index (Phi) is 6.53. The summed E-state index contributed by atoms with van der Waals surface area (Å²) in [6, 6.07) is 10.0. The molecule has 1 amide bonds.